The van der Waals surface area contributed by atoms with Crippen molar-refractivity contribution in [2.45, 2.75) is 56.2 Å². The third-order valence-electron chi connectivity index (χ3n) is 5.37. The Morgan fingerprint density at radius 1 is 1.10 bits per heavy atom. The molecule has 108 valence electrons. The number of benzene rings is 1. The molecular weight excluding hydrogens is 250 g/mol. The molecule has 3 heteroatoms. The summed E-state index contributed by atoms with van der Waals surface area (Å²) in [5.74, 6) is 1.67. The largest absolute Gasteiger partial charge is 0.493 e. The minimum Gasteiger partial charge on any atom is -0.493 e. The lowest BCUT2D eigenvalue weighted by molar-refractivity contribution is 0.0297. The summed E-state index contributed by atoms with van der Waals surface area (Å²) >= 11 is 0. The van der Waals surface area contributed by atoms with Crippen LogP contribution >= 0.6 is 0 Å². The second kappa shape index (κ2) is 5.05. The minimum atomic E-state index is -0.0641. The molecule has 0 aromatic heterocycles. The Bertz CT molecular complexity index is 476. The van der Waals surface area contributed by atoms with E-state index in [1.165, 1.54) is 18.4 Å². The summed E-state index contributed by atoms with van der Waals surface area (Å²) < 4.78 is 5.77. The monoisotopic (exact) mass is 273 g/mol. The van der Waals surface area contributed by atoms with Gasteiger partial charge in [0, 0.05) is 24.5 Å². The van der Waals surface area contributed by atoms with Crippen LogP contribution < -0.4 is 4.74 Å². The maximum absolute atomic E-state index is 9.92. The van der Waals surface area contributed by atoms with E-state index in [1.807, 2.05) is 0 Å². The molecule has 0 amide bonds. The molecule has 4 rings (SSSR count). The Kier molecular flexibility index (Phi) is 3.20. The molecule has 2 saturated heterocycles. The van der Waals surface area contributed by atoms with Crippen molar-refractivity contribution in [3.8, 4) is 5.75 Å². The number of para-hydroxylation sites is 1. The van der Waals surface area contributed by atoms with Gasteiger partial charge in [-0.3, -0.25) is 4.90 Å². The van der Waals surface area contributed by atoms with Gasteiger partial charge in [-0.15, -0.1) is 0 Å². The zero-order valence-corrected chi connectivity index (χ0v) is 11.9. The van der Waals surface area contributed by atoms with Gasteiger partial charge in [0.1, 0.15) is 5.75 Å². The highest BCUT2D eigenvalue weighted by Gasteiger charge is 2.41. The van der Waals surface area contributed by atoms with Crippen LogP contribution in [0.1, 0.15) is 43.6 Å². The molecule has 3 aliphatic rings. The second-order valence-electron chi connectivity index (χ2n) is 6.58. The second-order valence-corrected chi connectivity index (χ2v) is 6.58. The molecule has 1 aromatic carbocycles. The lowest BCUT2D eigenvalue weighted by Gasteiger charge is -2.40. The van der Waals surface area contributed by atoms with E-state index in [2.05, 4.69) is 29.2 Å². The van der Waals surface area contributed by atoms with Crippen LogP contribution in [0.15, 0.2) is 24.3 Å². The predicted octanol–water partition coefficient (Wildman–Crippen LogP) is 2.54. The van der Waals surface area contributed by atoms with E-state index in [9.17, 15) is 5.11 Å². The highest BCUT2D eigenvalue weighted by Crippen LogP contribution is 2.40. The number of nitrogens with zero attached hydrogens (tertiary/aromatic N) is 1. The Hall–Kier alpha value is -1.06. The van der Waals surface area contributed by atoms with Crippen LogP contribution in [0.25, 0.3) is 0 Å². The summed E-state index contributed by atoms with van der Waals surface area (Å²) in [5.41, 5.74) is 1.38. The molecule has 3 aliphatic heterocycles. The first-order chi connectivity index (χ1) is 9.81. The van der Waals surface area contributed by atoms with Crippen molar-refractivity contribution >= 4 is 0 Å². The lowest BCUT2D eigenvalue weighted by atomic mass is 9.90. The van der Waals surface area contributed by atoms with E-state index in [1.54, 1.807) is 0 Å². The molecule has 0 spiro atoms. The minimum absolute atomic E-state index is 0.0641. The maximum Gasteiger partial charge on any atom is 0.122 e. The summed E-state index contributed by atoms with van der Waals surface area (Å²) in [5, 5.41) is 9.92. The molecule has 3 heterocycles. The number of hydrogen-bond donors (Lipinski definition) is 1. The van der Waals surface area contributed by atoms with Crippen molar-refractivity contribution in [3.63, 3.8) is 0 Å². The van der Waals surface area contributed by atoms with E-state index in [0.29, 0.717) is 18.0 Å². The van der Waals surface area contributed by atoms with Crippen molar-refractivity contribution in [1.29, 1.82) is 0 Å². The Morgan fingerprint density at radius 2 is 1.85 bits per heavy atom. The van der Waals surface area contributed by atoms with Gasteiger partial charge < -0.3 is 9.84 Å². The van der Waals surface area contributed by atoms with Gasteiger partial charge >= 0.3 is 0 Å². The molecule has 0 aliphatic carbocycles. The van der Waals surface area contributed by atoms with E-state index in [0.717, 1.165) is 38.2 Å². The number of piperidine rings is 1. The third kappa shape index (κ3) is 2.13. The zero-order valence-electron chi connectivity index (χ0n) is 11.9. The highest BCUT2D eigenvalue weighted by molar-refractivity contribution is 5.38. The SMILES string of the molecule is OC1CC2CCC(C1)N2CC1CCOc2ccccc21. The summed E-state index contributed by atoms with van der Waals surface area (Å²) in [7, 11) is 0. The van der Waals surface area contributed by atoms with Crippen molar-refractivity contribution in [2.24, 2.45) is 0 Å². The first-order valence-corrected chi connectivity index (χ1v) is 7.97. The van der Waals surface area contributed by atoms with E-state index in [-0.39, 0.29) is 6.10 Å². The fourth-order valence-corrected chi connectivity index (χ4v) is 4.40. The van der Waals surface area contributed by atoms with Crippen LogP contribution in [0.5, 0.6) is 5.75 Å². The standard InChI is InChI=1S/C17H23NO2/c19-15-9-13-5-6-14(10-15)18(13)11-12-7-8-20-17-4-2-1-3-16(12)17/h1-4,12-15,19H,5-11H2. The summed E-state index contributed by atoms with van der Waals surface area (Å²) in [4.78, 5) is 2.68. The topological polar surface area (TPSA) is 32.7 Å². The molecule has 20 heavy (non-hydrogen) atoms. The first kappa shape index (κ1) is 12.7. The summed E-state index contributed by atoms with van der Waals surface area (Å²) in [6.45, 7) is 1.98. The average Bonchev–Trinajstić information content (AvgIpc) is 2.70. The highest BCUT2D eigenvalue weighted by atomic mass is 16.5. The van der Waals surface area contributed by atoms with E-state index in [4.69, 9.17) is 4.74 Å². The van der Waals surface area contributed by atoms with Gasteiger partial charge in [-0.25, -0.2) is 0 Å². The van der Waals surface area contributed by atoms with Crippen LogP contribution in [-0.2, 0) is 0 Å². The Morgan fingerprint density at radius 3 is 2.65 bits per heavy atom. The van der Waals surface area contributed by atoms with Gasteiger partial charge in [-0.2, -0.15) is 0 Å². The van der Waals surface area contributed by atoms with Crippen molar-refractivity contribution in [3.05, 3.63) is 29.8 Å². The Labute approximate surface area is 120 Å². The van der Waals surface area contributed by atoms with Gasteiger partial charge in [0.2, 0.25) is 0 Å². The smallest absolute Gasteiger partial charge is 0.122 e. The molecule has 3 unspecified atom stereocenters. The van der Waals surface area contributed by atoms with E-state index < -0.39 is 0 Å². The average molecular weight is 273 g/mol. The molecule has 1 aromatic rings. The van der Waals surface area contributed by atoms with Gasteiger partial charge in [0.25, 0.3) is 0 Å². The predicted molar refractivity (Wildman–Crippen MR) is 78.1 cm³/mol. The molecule has 0 saturated carbocycles. The first-order valence-electron chi connectivity index (χ1n) is 7.97. The summed E-state index contributed by atoms with van der Waals surface area (Å²) in [6.07, 6.45) is 5.54. The number of hydrogen-bond acceptors (Lipinski definition) is 3. The molecule has 3 atom stereocenters. The molecular formula is C17H23NO2. The number of aliphatic hydroxyl groups excluding tert-OH is 1. The van der Waals surface area contributed by atoms with Crippen LogP contribution in [0.3, 0.4) is 0 Å². The van der Waals surface area contributed by atoms with Crippen molar-refractivity contribution in [1.82, 2.24) is 4.90 Å². The zero-order chi connectivity index (χ0) is 13.5. The van der Waals surface area contributed by atoms with Crippen LogP contribution in [0.2, 0.25) is 0 Å². The van der Waals surface area contributed by atoms with Crippen molar-refractivity contribution < 1.29 is 9.84 Å². The number of fused-ring (bicyclic) bond motifs is 3. The van der Waals surface area contributed by atoms with Crippen LogP contribution in [0.4, 0.5) is 0 Å². The molecule has 2 fully saturated rings. The fraction of sp³-hybridized carbons (Fsp3) is 0.647. The fourth-order valence-electron chi connectivity index (χ4n) is 4.40. The van der Waals surface area contributed by atoms with Gasteiger partial charge in [0.05, 0.1) is 12.7 Å². The van der Waals surface area contributed by atoms with Gasteiger partial charge in [-0.05, 0) is 43.7 Å². The number of ether oxygens (including phenoxy) is 1. The maximum atomic E-state index is 9.92. The lowest BCUT2D eigenvalue weighted by Crippen LogP contribution is -2.46. The molecule has 3 nitrogen and oxygen atoms in total. The third-order valence-corrected chi connectivity index (χ3v) is 5.37. The molecule has 0 radical (unpaired) electrons. The Balaban J connectivity index is 1.53. The molecule has 2 bridgehead atoms. The number of aliphatic hydroxyl groups is 1. The van der Waals surface area contributed by atoms with E-state index >= 15 is 0 Å². The summed E-state index contributed by atoms with van der Waals surface area (Å²) in [6, 6.07) is 9.71. The van der Waals surface area contributed by atoms with Gasteiger partial charge in [-0.1, -0.05) is 18.2 Å². The normalized spacial score (nSPS) is 36.5. The van der Waals surface area contributed by atoms with Crippen LogP contribution in [-0.4, -0.2) is 41.3 Å². The van der Waals surface area contributed by atoms with Crippen molar-refractivity contribution in [2.75, 3.05) is 13.2 Å². The quantitative estimate of drug-likeness (QED) is 0.899. The number of rotatable bonds is 2. The van der Waals surface area contributed by atoms with Crippen LogP contribution in [0, 0.1) is 0 Å². The molecule has 1 N–H and O–H groups in total. The van der Waals surface area contributed by atoms with Gasteiger partial charge in [0.15, 0.2) is 0 Å².